The quantitative estimate of drug-likeness (QED) is 0.640. The van der Waals surface area contributed by atoms with Crippen molar-refractivity contribution in [1.29, 1.82) is 0 Å². The van der Waals surface area contributed by atoms with Crippen LogP contribution in [0.3, 0.4) is 0 Å². The Morgan fingerprint density at radius 2 is 1.45 bits per heavy atom. The zero-order valence-electron chi connectivity index (χ0n) is 11.3. The van der Waals surface area contributed by atoms with Crippen LogP contribution < -0.4 is 0 Å². The lowest BCUT2D eigenvalue weighted by atomic mass is 9.84. The molecule has 1 N–H and O–H groups in total. The van der Waals surface area contributed by atoms with Crippen LogP contribution in [0.15, 0.2) is 0 Å². The topological polar surface area (TPSA) is 46.5 Å². The Kier molecular flexibility index (Phi) is 5.15. The Labute approximate surface area is 111 Å². The summed E-state index contributed by atoms with van der Waals surface area (Å²) in [6, 6.07) is 0. The van der Waals surface area contributed by atoms with Crippen LogP contribution in [0.1, 0.15) is 34.1 Å². The van der Waals surface area contributed by atoms with E-state index in [2.05, 4.69) is 4.74 Å². The molecule has 0 spiro atoms. The molecule has 0 fully saturated rings. The molecule has 9 heteroatoms. The van der Waals surface area contributed by atoms with Gasteiger partial charge >= 0.3 is 18.3 Å². The van der Waals surface area contributed by atoms with Gasteiger partial charge in [-0.15, -0.1) is 0 Å². The second kappa shape index (κ2) is 5.42. The monoisotopic (exact) mass is 310 g/mol. The van der Waals surface area contributed by atoms with Crippen molar-refractivity contribution < 1.29 is 41.0 Å². The van der Waals surface area contributed by atoms with Gasteiger partial charge < -0.3 is 9.84 Å². The van der Waals surface area contributed by atoms with Crippen LogP contribution in [0.2, 0.25) is 0 Å². The van der Waals surface area contributed by atoms with E-state index in [4.69, 9.17) is 0 Å². The first-order chi connectivity index (χ1) is 8.62. The summed E-state index contributed by atoms with van der Waals surface area (Å²) in [7, 11) is 0. The van der Waals surface area contributed by atoms with Crippen molar-refractivity contribution in [2.24, 2.45) is 5.92 Å². The molecule has 0 amide bonds. The van der Waals surface area contributed by atoms with E-state index in [9.17, 15) is 36.2 Å². The molecular weight excluding hydrogens is 294 g/mol. The molecule has 0 radical (unpaired) electrons. The molecule has 20 heavy (non-hydrogen) atoms. The summed E-state index contributed by atoms with van der Waals surface area (Å²) < 4.78 is 80.3. The normalized spacial score (nSPS) is 15.9. The maximum absolute atomic E-state index is 12.7. The fraction of sp³-hybridized carbons (Fsp3) is 0.909. The van der Waals surface area contributed by atoms with Crippen molar-refractivity contribution >= 4 is 5.97 Å². The predicted molar refractivity (Wildman–Crippen MR) is 56.7 cm³/mol. The smallest absolute Gasteiger partial charge is 0.430 e. The number of alkyl halides is 6. The standard InChI is InChI=1S/C11H16F6O3/c1-5-6(2)7(18)20-8(3,4)9(19,10(12,13)14)11(15,16)17/h6,19H,5H2,1-4H3. The molecule has 0 aliphatic carbocycles. The van der Waals surface area contributed by atoms with Gasteiger partial charge in [0.15, 0.2) is 5.60 Å². The second-order valence-corrected chi connectivity index (χ2v) is 4.95. The van der Waals surface area contributed by atoms with E-state index in [1.54, 1.807) is 0 Å². The number of hydrogen-bond donors (Lipinski definition) is 1. The largest absolute Gasteiger partial charge is 0.456 e. The number of ether oxygens (including phenoxy) is 1. The van der Waals surface area contributed by atoms with E-state index >= 15 is 0 Å². The van der Waals surface area contributed by atoms with Gasteiger partial charge in [-0.2, -0.15) is 26.3 Å². The molecule has 1 atom stereocenters. The number of halogens is 6. The summed E-state index contributed by atoms with van der Waals surface area (Å²) in [6.07, 6.45) is -11.9. The third kappa shape index (κ3) is 3.18. The number of esters is 1. The molecule has 0 bridgehead atoms. The number of hydrogen-bond acceptors (Lipinski definition) is 3. The van der Waals surface area contributed by atoms with Gasteiger partial charge in [-0.3, -0.25) is 4.79 Å². The predicted octanol–water partition coefficient (Wildman–Crippen LogP) is 3.21. The summed E-state index contributed by atoms with van der Waals surface area (Å²) in [4.78, 5) is 11.4. The molecule has 0 aromatic carbocycles. The van der Waals surface area contributed by atoms with Crippen LogP contribution in [0.5, 0.6) is 0 Å². The second-order valence-electron chi connectivity index (χ2n) is 4.95. The Morgan fingerprint density at radius 3 is 1.70 bits per heavy atom. The van der Waals surface area contributed by atoms with E-state index in [0.29, 0.717) is 13.8 Å². The van der Waals surface area contributed by atoms with Gasteiger partial charge in [-0.1, -0.05) is 13.8 Å². The average Bonchev–Trinajstić information content (AvgIpc) is 2.22. The average molecular weight is 310 g/mol. The highest BCUT2D eigenvalue weighted by atomic mass is 19.4. The van der Waals surface area contributed by atoms with E-state index in [-0.39, 0.29) is 6.42 Å². The van der Waals surface area contributed by atoms with Crippen LogP contribution in [0, 0.1) is 5.92 Å². The van der Waals surface area contributed by atoms with Gasteiger partial charge in [0.05, 0.1) is 5.92 Å². The SMILES string of the molecule is CCC(C)C(=O)OC(C)(C)C(O)(C(F)(F)F)C(F)(F)F. The highest BCUT2D eigenvalue weighted by Gasteiger charge is 2.78. The van der Waals surface area contributed by atoms with Crippen molar-refractivity contribution in [3.05, 3.63) is 0 Å². The minimum atomic E-state index is -6.05. The maximum Gasteiger partial charge on any atom is 0.430 e. The molecule has 0 aliphatic heterocycles. The molecule has 0 saturated carbocycles. The third-order valence-corrected chi connectivity index (χ3v) is 3.06. The zero-order valence-corrected chi connectivity index (χ0v) is 11.3. The lowest BCUT2D eigenvalue weighted by Gasteiger charge is -2.43. The summed E-state index contributed by atoms with van der Waals surface area (Å²) in [5, 5.41) is 9.19. The molecule has 1 unspecified atom stereocenters. The van der Waals surface area contributed by atoms with Crippen LogP contribution in [0.4, 0.5) is 26.3 Å². The van der Waals surface area contributed by atoms with Gasteiger partial charge in [0.1, 0.15) is 0 Å². The van der Waals surface area contributed by atoms with Crippen molar-refractivity contribution in [3.63, 3.8) is 0 Å². The number of carbonyl (C=O) groups excluding carboxylic acids is 1. The van der Waals surface area contributed by atoms with Gasteiger partial charge in [-0.05, 0) is 20.3 Å². The number of carbonyl (C=O) groups is 1. The van der Waals surface area contributed by atoms with Crippen LogP contribution >= 0.6 is 0 Å². The van der Waals surface area contributed by atoms with Crippen molar-refractivity contribution in [2.45, 2.75) is 57.7 Å². The molecule has 0 rings (SSSR count). The summed E-state index contributed by atoms with van der Waals surface area (Å²) in [5.41, 5.74) is -8.37. The van der Waals surface area contributed by atoms with Gasteiger partial charge in [0, 0.05) is 0 Å². The fourth-order valence-electron chi connectivity index (χ4n) is 1.44. The van der Waals surface area contributed by atoms with Gasteiger partial charge in [0.25, 0.3) is 5.60 Å². The minimum Gasteiger partial charge on any atom is -0.456 e. The first kappa shape index (κ1) is 19.0. The highest BCUT2D eigenvalue weighted by molar-refractivity contribution is 5.72. The Morgan fingerprint density at radius 1 is 1.10 bits per heavy atom. The maximum atomic E-state index is 12.7. The van der Waals surface area contributed by atoms with E-state index in [1.807, 2.05) is 0 Å². The summed E-state index contributed by atoms with van der Waals surface area (Å²) in [5.74, 6) is -2.13. The van der Waals surface area contributed by atoms with Gasteiger partial charge in [-0.25, -0.2) is 0 Å². The summed E-state index contributed by atoms with van der Waals surface area (Å²) in [6.45, 7) is 3.54. The molecule has 0 aromatic rings. The Bertz CT molecular complexity index is 344. The molecule has 0 heterocycles. The van der Waals surface area contributed by atoms with Crippen molar-refractivity contribution in [3.8, 4) is 0 Å². The molecule has 3 nitrogen and oxygen atoms in total. The fourth-order valence-corrected chi connectivity index (χ4v) is 1.44. The first-order valence-electron chi connectivity index (χ1n) is 5.70. The van der Waals surface area contributed by atoms with E-state index in [0.717, 1.165) is 0 Å². The highest BCUT2D eigenvalue weighted by Crippen LogP contribution is 2.50. The Hall–Kier alpha value is -0.990. The molecule has 0 aromatic heterocycles. The number of aliphatic hydroxyl groups is 1. The Balaban J connectivity index is 5.66. The van der Waals surface area contributed by atoms with E-state index in [1.165, 1.54) is 13.8 Å². The van der Waals surface area contributed by atoms with Crippen molar-refractivity contribution in [1.82, 2.24) is 0 Å². The third-order valence-electron chi connectivity index (χ3n) is 3.06. The van der Waals surface area contributed by atoms with Crippen molar-refractivity contribution in [2.75, 3.05) is 0 Å². The molecule has 120 valence electrons. The van der Waals surface area contributed by atoms with E-state index < -0.39 is 35.4 Å². The zero-order chi connectivity index (χ0) is 16.6. The summed E-state index contributed by atoms with van der Waals surface area (Å²) >= 11 is 0. The first-order valence-corrected chi connectivity index (χ1v) is 5.70. The van der Waals surface area contributed by atoms with Gasteiger partial charge in [0.2, 0.25) is 0 Å². The van der Waals surface area contributed by atoms with Crippen LogP contribution in [0.25, 0.3) is 0 Å². The lowest BCUT2D eigenvalue weighted by molar-refractivity contribution is -0.407. The minimum absolute atomic E-state index is 0.172. The van der Waals surface area contributed by atoms with Crippen LogP contribution in [-0.2, 0) is 9.53 Å². The molecular formula is C11H16F6O3. The lowest BCUT2D eigenvalue weighted by Crippen LogP contribution is -2.70. The van der Waals surface area contributed by atoms with Crippen LogP contribution in [-0.4, -0.2) is 34.6 Å². The molecule has 0 aliphatic rings. The number of rotatable bonds is 4. The molecule has 0 saturated heterocycles.